The Hall–Kier alpha value is -1.94. The van der Waals surface area contributed by atoms with Crippen LogP contribution in [0.15, 0.2) is 0 Å². The number of phosphoric ester groups is 2. The molecule has 0 heterocycles. The zero-order valence-electron chi connectivity index (χ0n) is 57.7. The molecule has 5 atom stereocenters. The molecule has 0 amide bonds. The van der Waals surface area contributed by atoms with Crippen molar-refractivity contribution in [2.75, 3.05) is 39.6 Å². The summed E-state index contributed by atoms with van der Waals surface area (Å²) >= 11 is 0. The number of aliphatic hydroxyl groups is 1. The van der Waals surface area contributed by atoms with Crippen LogP contribution in [0.5, 0.6) is 0 Å². The number of hydrogen-bond donors (Lipinski definition) is 3. The van der Waals surface area contributed by atoms with Gasteiger partial charge >= 0.3 is 39.5 Å². The molecule has 0 fully saturated rings. The highest BCUT2D eigenvalue weighted by atomic mass is 31.2. The Kier molecular flexibility index (Phi) is 60.8. The highest BCUT2D eigenvalue weighted by Crippen LogP contribution is 2.45. The lowest BCUT2D eigenvalue weighted by Crippen LogP contribution is -2.30. The third-order valence-electron chi connectivity index (χ3n) is 16.2. The van der Waals surface area contributed by atoms with Gasteiger partial charge in [-0.15, -0.1) is 0 Å². The molecule has 0 saturated heterocycles. The van der Waals surface area contributed by atoms with Gasteiger partial charge in [-0.05, 0) is 37.5 Å². The zero-order chi connectivity index (χ0) is 65.7. The second-order valence-corrected chi connectivity index (χ2v) is 29.1. The third-order valence-corrected chi connectivity index (χ3v) is 18.1. The van der Waals surface area contributed by atoms with Gasteiger partial charge in [0.2, 0.25) is 0 Å². The lowest BCUT2D eigenvalue weighted by atomic mass is 10.0. The van der Waals surface area contributed by atoms with E-state index < -0.39 is 97.5 Å². The van der Waals surface area contributed by atoms with E-state index in [2.05, 4.69) is 41.5 Å². The van der Waals surface area contributed by atoms with Crippen LogP contribution in [0.3, 0.4) is 0 Å². The van der Waals surface area contributed by atoms with Gasteiger partial charge in [0, 0.05) is 25.7 Å². The lowest BCUT2D eigenvalue weighted by Gasteiger charge is -2.21. The molecule has 0 aromatic carbocycles. The molecule has 0 aliphatic heterocycles. The van der Waals surface area contributed by atoms with Gasteiger partial charge in [-0.25, -0.2) is 9.13 Å². The van der Waals surface area contributed by atoms with E-state index in [9.17, 15) is 43.2 Å². The fourth-order valence-electron chi connectivity index (χ4n) is 10.6. The maximum Gasteiger partial charge on any atom is 0.472 e. The fourth-order valence-corrected chi connectivity index (χ4v) is 12.2. The SMILES string of the molecule is CCCCCCCCCCCCCCCC(=O)OC[C@H](COP(=O)(O)OC[C@@H](O)COP(=O)(O)OC[C@@H](COC(=O)CCCCCCCCCC)OC(=O)CCCCCCCCC(C)C)OC(=O)CCCCCCCCCCCCCCCCCCC(C)C. The molecule has 0 aliphatic rings. The topological polar surface area (TPSA) is 237 Å². The number of aliphatic hydroxyl groups excluding tert-OH is 1. The normalized spacial score (nSPS) is 14.1. The summed E-state index contributed by atoms with van der Waals surface area (Å²) in [5, 5.41) is 10.6. The van der Waals surface area contributed by atoms with E-state index in [4.69, 9.17) is 37.0 Å². The van der Waals surface area contributed by atoms with Crippen molar-refractivity contribution in [3.05, 3.63) is 0 Å². The van der Waals surface area contributed by atoms with Gasteiger partial charge in [-0.3, -0.25) is 37.3 Å². The number of ether oxygens (including phenoxy) is 4. The number of carbonyl (C=O) groups is 4. The first-order valence-electron chi connectivity index (χ1n) is 36.5. The quantitative estimate of drug-likeness (QED) is 0.0222. The molecule has 17 nitrogen and oxygen atoms in total. The number of hydrogen-bond acceptors (Lipinski definition) is 15. The summed E-state index contributed by atoms with van der Waals surface area (Å²) in [5.74, 6) is -0.651. The van der Waals surface area contributed by atoms with Crippen molar-refractivity contribution in [1.29, 1.82) is 0 Å². The van der Waals surface area contributed by atoms with Crippen LogP contribution in [-0.2, 0) is 65.4 Å². The molecule has 528 valence electrons. The Morgan fingerprint density at radius 3 is 0.764 bits per heavy atom. The van der Waals surface area contributed by atoms with Crippen LogP contribution in [-0.4, -0.2) is 96.7 Å². The molecule has 19 heteroatoms. The average molecular weight is 1310 g/mol. The summed E-state index contributed by atoms with van der Waals surface area (Å²) < 4.78 is 68.1. The van der Waals surface area contributed by atoms with Crippen LogP contribution in [0.1, 0.15) is 356 Å². The average Bonchev–Trinajstić information content (AvgIpc) is 3.71. The van der Waals surface area contributed by atoms with E-state index in [1.54, 1.807) is 0 Å². The van der Waals surface area contributed by atoms with E-state index >= 15 is 0 Å². The zero-order valence-corrected chi connectivity index (χ0v) is 59.5. The van der Waals surface area contributed by atoms with Gasteiger partial charge in [-0.1, -0.05) is 305 Å². The summed E-state index contributed by atoms with van der Waals surface area (Å²) in [7, 11) is -9.89. The number of carbonyl (C=O) groups excluding carboxylic acids is 4. The van der Waals surface area contributed by atoms with Gasteiger partial charge < -0.3 is 33.8 Å². The van der Waals surface area contributed by atoms with E-state index in [0.717, 1.165) is 102 Å². The van der Waals surface area contributed by atoms with Crippen molar-refractivity contribution in [2.24, 2.45) is 11.8 Å². The van der Waals surface area contributed by atoms with Crippen molar-refractivity contribution in [3.63, 3.8) is 0 Å². The number of rotatable bonds is 69. The van der Waals surface area contributed by atoms with Crippen molar-refractivity contribution in [1.82, 2.24) is 0 Å². The van der Waals surface area contributed by atoms with Crippen LogP contribution in [0.25, 0.3) is 0 Å². The Morgan fingerprint density at radius 2 is 0.517 bits per heavy atom. The molecular weight excluding hydrogens is 1170 g/mol. The van der Waals surface area contributed by atoms with Gasteiger partial charge in [0.05, 0.1) is 26.4 Å². The highest BCUT2D eigenvalue weighted by molar-refractivity contribution is 7.47. The van der Waals surface area contributed by atoms with Crippen LogP contribution < -0.4 is 0 Å². The minimum atomic E-state index is -4.95. The minimum Gasteiger partial charge on any atom is -0.462 e. The van der Waals surface area contributed by atoms with Crippen LogP contribution in [0, 0.1) is 11.8 Å². The molecule has 0 saturated carbocycles. The summed E-state index contributed by atoms with van der Waals surface area (Å²) in [5.41, 5.74) is 0. The summed E-state index contributed by atoms with van der Waals surface area (Å²) in [6, 6.07) is 0. The minimum absolute atomic E-state index is 0.102. The van der Waals surface area contributed by atoms with E-state index in [0.29, 0.717) is 31.6 Å². The number of unbranched alkanes of at least 4 members (excludes halogenated alkanes) is 39. The number of esters is 4. The highest BCUT2D eigenvalue weighted by Gasteiger charge is 2.30. The number of phosphoric acid groups is 2. The Morgan fingerprint density at radius 1 is 0.303 bits per heavy atom. The first-order valence-corrected chi connectivity index (χ1v) is 39.5. The first-order chi connectivity index (χ1) is 42.9. The molecule has 0 radical (unpaired) electrons. The molecule has 0 rings (SSSR count). The maximum absolute atomic E-state index is 13.0. The van der Waals surface area contributed by atoms with E-state index in [-0.39, 0.29) is 25.7 Å². The van der Waals surface area contributed by atoms with Gasteiger partial charge in [0.15, 0.2) is 12.2 Å². The third kappa shape index (κ3) is 64.6. The van der Waals surface area contributed by atoms with E-state index in [1.165, 1.54) is 167 Å². The Bertz CT molecular complexity index is 1730. The predicted molar refractivity (Wildman–Crippen MR) is 358 cm³/mol. The molecule has 0 bridgehead atoms. The van der Waals surface area contributed by atoms with Crippen LogP contribution in [0.4, 0.5) is 0 Å². The van der Waals surface area contributed by atoms with Crippen LogP contribution in [0.2, 0.25) is 0 Å². The monoisotopic (exact) mass is 1310 g/mol. The molecule has 0 aliphatic carbocycles. The smallest absolute Gasteiger partial charge is 0.462 e. The second kappa shape index (κ2) is 62.2. The van der Waals surface area contributed by atoms with Crippen LogP contribution >= 0.6 is 15.6 Å². The fraction of sp³-hybridized carbons (Fsp3) is 0.943. The molecule has 0 spiro atoms. The van der Waals surface area contributed by atoms with Crippen molar-refractivity contribution >= 4 is 39.5 Å². The molecule has 3 N–H and O–H groups in total. The van der Waals surface area contributed by atoms with Gasteiger partial charge in [0.25, 0.3) is 0 Å². The summed E-state index contributed by atoms with van der Waals surface area (Å²) in [6.07, 6.45) is 47.4. The molecule has 0 aromatic heterocycles. The maximum atomic E-state index is 13.0. The Balaban J connectivity index is 5.18. The molecule has 2 unspecified atom stereocenters. The second-order valence-electron chi connectivity index (χ2n) is 26.2. The molecular formula is C70H136O17P2. The van der Waals surface area contributed by atoms with Gasteiger partial charge in [0.1, 0.15) is 19.3 Å². The molecule has 89 heavy (non-hydrogen) atoms. The summed E-state index contributed by atoms with van der Waals surface area (Å²) in [4.78, 5) is 72.4. The standard InChI is InChI=1S/C70H136O17P2/c1-7-9-11-13-15-17-18-23-27-30-34-41-47-53-68(73)81-58-65(86-69(74)54-48-42-35-31-28-25-22-20-19-21-24-26-29-32-38-44-50-62(3)4)60-84-88(76,77)82-56-64(71)57-83-89(78,79)85-61-66(59-80-67(72)52-46-40-33-16-14-12-10-8-2)87-70(75)55-49-43-37-36-39-45-51-63(5)6/h62-66,71H,7-61H2,1-6H3,(H,76,77)(H,78,79)/t64-,65-,66-/m1/s1. The van der Waals surface area contributed by atoms with Crippen molar-refractivity contribution in [3.8, 4) is 0 Å². The predicted octanol–water partition coefficient (Wildman–Crippen LogP) is 20.0. The van der Waals surface area contributed by atoms with Crippen molar-refractivity contribution in [2.45, 2.75) is 374 Å². The first kappa shape index (κ1) is 87.1. The molecule has 0 aromatic rings. The largest absolute Gasteiger partial charge is 0.472 e. The van der Waals surface area contributed by atoms with E-state index in [1.807, 2.05) is 0 Å². The van der Waals surface area contributed by atoms with Crippen molar-refractivity contribution < 1.29 is 80.2 Å². The van der Waals surface area contributed by atoms with Gasteiger partial charge in [-0.2, -0.15) is 0 Å². The summed E-state index contributed by atoms with van der Waals surface area (Å²) in [6.45, 7) is 9.46. The lowest BCUT2D eigenvalue weighted by molar-refractivity contribution is -0.161. The Labute approximate surface area is 543 Å².